The number of nitrogens with zero attached hydrogens (tertiary/aromatic N) is 2. The number of carbonyl (C=O) groups excluding carboxylic acids is 3. The number of carbonyl (C=O) groups is 3. The van der Waals surface area contributed by atoms with Gasteiger partial charge in [0.05, 0.1) is 5.56 Å². The third-order valence-electron chi connectivity index (χ3n) is 6.57. The number of halogens is 1. The molecule has 2 aromatic carbocycles. The quantitative estimate of drug-likeness (QED) is 0.409. The van der Waals surface area contributed by atoms with E-state index in [9.17, 15) is 18.8 Å². The number of ketones is 1. The third kappa shape index (κ3) is 5.82. The number of aromatic amines is 1. The van der Waals surface area contributed by atoms with Gasteiger partial charge in [0.15, 0.2) is 0 Å². The smallest absolute Gasteiger partial charge is 0.292 e. The zero-order valence-corrected chi connectivity index (χ0v) is 21.7. The molecule has 3 aromatic rings. The summed E-state index contributed by atoms with van der Waals surface area (Å²) in [6, 6.07) is 10.1. The molecule has 1 atom stereocenters. The molecule has 4 rings (SSSR count). The number of amides is 2. The predicted molar refractivity (Wildman–Crippen MR) is 140 cm³/mol. The molecule has 0 saturated carbocycles. The Balaban J connectivity index is 0.00000176. The molecule has 0 aliphatic carbocycles. The zero-order chi connectivity index (χ0) is 26.4. The molecule has 1 saturated heterocycles. The summed E-state index contributed by atoms with van der Waals surface area (Å²) in [7, 11) is 1.41. The minimum absolute atomic E-state index is 0.0408. The SMILES string of the molecule is CC.CNC(=O)C(=O)c1c[nH]c2cc(C)c(C(=O)N3CCN(Cc4ccc(F)cc4)CCC3C)cc12. The van der Waals surface area contributed by atoms with Gasteiger partial charge in [-0.2, -0.15) is 0 Å². The van der Waals surface area contributed by atoms with Gasteiger partial charge in [0.2, 0.25) is 0 Å². The van der Waals surface area contributed by atoms with Crippen LogP contribution in [0.4, 0.5) is 4.39 Å². The van der Waals surface area contributed by atoms with Crippen molar-refractivity contribution in [3.63, 3.8) is 0 Å². The van der Waals surface area contributed by atoms with Crippen LogP contribution in [-0.2, 0) is 11.3 Å². The van der Waals surface area contributed by atoms with Crippen molar-refractivity contribution in [3.8, 4) is 0 Å². The number of likely N-dealkylation sites (N-methyl/N-ethyl adjacent to an activating group) is 1. The fourth-order valence-electron chi connectivity index (χ4n) is 4.50. The van der Waals surface area contributed by atoms with Crippen molar-refractivity contribution in [1.82, 2.24) is 20.1 Å². The molecule has 1 aliphatic heterocycles. The van der Waals surface area contributed by atoms with Gasteiger partial charge >= 0.3 is 0 Å². The Morgan fingerprint density at radius 1 is 1.06 bits per heavy atom. The Kier molecular flexibility index (Phi) is 8.98. The summed E-state index contributed by atoms with van der Waals surface area (Å²) in [5.41, 5.74) is 3.32. The van der Waals surface area contributed by atoms with Gasteiger partial charge in [-0.1, -0.05) is 26.0 Å². The van der Waals surface area contributed by atoms with Crippen LogP contribution in [0.25, 0.3) is 10.9 Å². The molecule has 1 aliphatic rings. The highest BCUT2D eigenvalue weighted by Gasteiger charge is 2.28. The largest absolute Gasteiger partial charge is 0.360 e. The van der Waals surface area contributed by atoms with E-state index in [1.54, 1.807) is 18.2 Å². The van der Waals surface area contributed by atoms with Crippen molar-refractivity contribution in [2.75, 3.05) is 26.7 Å². The van der Waals surface area contributed by atoms with Gasteiger partial charge in [-0.05, 0) is 55.7 Å². The molecule has 2 heterocycles. The highest BCUT2D eigenvalue weighted by Crippen LogP contribution is 2.26. The topological polar surface area (TPSA) is 85.5 Å². The van der Waals surface area contributed by atoms with Gasteiger partial charge < -0.3 is 15.2 Å². The highest BCUT2D eigenvalue weighted by molar-refractivity contribution is 6.45. The van der Waals surface area contributed by atoms with E-state index in [-0.39, 0.29) is 23.3 Å². The number of benzene rings is 2. The van der Waals surface area contributed by atoms with Crippen LogP contribution in [0.15, 0.2) is 42.6 Å². The number of H-pyrrole nitrogens is 1. The van der Waals surface area contributed by atoms with Crippen molar-refractivity contribution >= 4 is 28.5 Å². The van der Waals surface area contributed by atoms with Crippen molar-refractivity contribution < 1.29 is 18.8 Å². The first-order valence-electron chi connectivity index (χ1n) is 12.4. The lowest BCUT2D eigenvalue weighted by Gasteiger charge is -2.27. The Bertz CT molecular complexity index is 1240. The maximum atomic E-state index is 13.6. The summed E-state index contributed by atoms with van der Waals surface area (Å²) in [6.45, 7) is 10.7. The summed E-state index contributed by atoms with van der Waals surface area (Å²) >= 11 is 0. The fourth-order valence-corrected chi connectivity index (χ4v) is 4.50. The number of aryl methyl sites for hydroxylation is 1. The van der Waals surface area contributed by atoms with Gasteiger partial charge in [-0.15, -0.1) is 0 Å². The molecule has 0 spiro atoms. The standard InChI is InChI=1S/C26H29FN4O3.C2H6/c1-16-12-23-21(22(14-29-23)24(32)25(33)28-3)13-20(16)26(34)31-11-10-30(9-8-17(31)2)15-18-4-6-19(27)7-5-18;1-2/h4-7,12-14,17,29H,8-11,15H2,1-3H3,(H,28,33);1-2H3. The Morgan fingerprint density at radius 2 is 1.75 bits per heavy atom. The lowest BCUT2D eigenvalue weighted by Crippen LogP contribution is -2.40. The molecule has 1 aromatic heterocycles. The number of fused-ring (bicyclic) bond motifs is 1. The number of aromatic nitrogens is 1. The van der Waals surface area contributed by atoms with Gasteiger partial charge in [0.1, 0.15) is 5.82 Å². The van der Waals surface area contributed by atoms with E-state index in [2.05, 4.69) is 15.2 Å². The molecule has 0 radical (unpaired) electrons. The number of nitrogens with one attached hydrogen (secondary N) is 2. The van der Waals surface area contributed by atoms with E-state index in [4.69, 9.17) is 0 Å². The van der Waals surface area contributed by atoms with E-state index in [0.29, 0.717) is 36.1 Å². The zero-order valence-electron chi connectivity index (χ0n) is 21.7. The molecule has 2 amide bonds. The first-order chi connectivity index (χ1) is 17.3. The molecule has 1 fully saturated rings. The molecule has 0 bridgehead atoms. The van der Waals surface area contributed by atoms with Crippen LogP contribution in [0.1, 0.15) is 59.0 Å². The molecular formula is C28H35FN4O3. The Hall–Kier alpha value is -3.52. The molecule has 36 heavy (non-hydrogen) atoms. The Labute approximate surface area is 211 Å². The minimum atomic E-state index is -0.697. The van der Waals surface area contributed by atoms with E-state index < -0.39 is 11.7 Å². The molecule has 8 heteroatoms. The van der Waals surface area contributed by atoms with E-state index in [0.717, 1.165) is 24.1 Å². The average Bonchev–Trinajstić information content (AvgIpc) is 3.20. The average molecular weight is 495 g/mol. The van der Waals surface area contributed by atoms with Gasteiger partial charge in [-0.25, -0.2) is 4.39 Å². The molecule has 192 valence electrons. The third-order valence-corrected chi connectivity index (χ3v) is 6.57. The molecule has 1 unspecified atom stereocenters. The van der Waals surface area contributed by atoms with Crippen LogP contribution < -0.4 is 5.32 Å². The number of Topliss-reactive ketones (excluding diaryl/α,β-unsaturated/α-hetero) is 1. The molecule has 7 nitrogen and oxygen atoms in total. The van der Waals surface area contributed by atoms with Crippen LogP contribution in [0.2, 0.25) is 0 Å². The second kappa shape index (κ2) is 11.9. The second-order valence-electron chi connectivity index (χ2n) is 8.86. The summed E-state index contributed by atoms with van der Waals surface area (Å²) < 4.78 is 13.2. The minimum Gasteiger partial charge on any atom is -0.360 e. The van der Waals surface area contributed by atoms with Crippen LogP contribution in [-0.4, -0.2) is 65.1 Å². The normalized spacial score (nSPS) is 16.2. The van der Waals surface area contributed by atoms with E-state index in [1.807, 2.05) is 38.7 Å². The van der Waals surface area contributed by atoms with Crippen molar-refractivity contribution in [2.45, 2.75) is 46.7 Å². The molecular weight excluding hydrogens is 459 g/mol. The van der Waals surface area contributed by atoms with Crippen LogP contribution in [0, 0.1) is 12.7 Å². The predicted octanol–water partition coefficient (Wildman–Crippen LogP) is 4.31. The lowest BCUT2D eigenvalue weighted by molar-refractivity contribution is -0.116. The second-order valence-corrected chi connectivity index (χ2v) is 8.86. The summed E-state index contributed by atoms with van der Waals surface area (Å²) in [5.74, 6) is -1.68. The van der Waals surface area contributed by atoms with Crippen molar-refractivity contribution in [3.05, 3.63) is 70.7 Å². The van der Waals surface area contributed by atoms with Gasteiger partial charge in [0.25, 0.3) is 17.6 Å². The van der Waals surface area contributed by atoms with Crippen LogP contribution in [0.5, 0.6) is 0 Å². The lowest BCUT2D eigenvalue weighted by atomic mass is 10.0. The van der Waals surface area contributed by atoms with E-state index >= 15 is 0 Å². The monoisotopic (exact) mass is 494 g/mol. The fraction of sp³-hybridized carbons (Fsp3) is 0.393. The van der Waals surface area contributed by atoms with Gasteiger partial charge in [-0.3, -0.25) is 19.3 Å². The first-order valence-corrected chi connectivity index (χ1v) is 12.4. The van der Waals surface area contributed by atoms with Crippen molar-refractivity contribution in [2.24, 2.45) is 0 Å². The van der Waals surface area contributed by atoms with E-state index in [1.165, 1.54) is 25.4 Å². The first kappa shape index (κ1) is 27.1. The maximum absolute atomic E-state index is 13.6. The number of hydrogen-bond acceptors (Lipinski definition) is 4. The van der Waals surface area contributed by atoms with Gasteiger partial charge in [0, 0.05) is 61.9 Å². The van der Waals surface area contributed by atoms with Crippen LogP contribution in [0.3, 0.4) is 0 Å². The maximum Gasteiger partial charge on any atom is 0.292 e. The van der Waals surface area contributed by atoms with Crippen molar-refractivity contribution in [1.29, 1.82) is 0 Å². The highest BCUT2D eigenvalue weighted by atomic mass is 19.1. The Morgan fingerprint density at radius 3 is 2.42 bits per heavy atom. The summed E-state index contributed by atoms with van der Waals surface area (Å²) in [5, 5.41) is 2.91. The number of rotatable bonds is 5. The number of hydrogen-bond donors (Lipinski definition) is 2. The van der Waals surface area contributed by atoms with Crippen LogP contribution >= 0.6 is 0 Å². The summed E-state index contributed by atoms with van der Waals surface area (Å²) in [4.78, 5) is 45.1. The molecule has 2 N–H and O–H groups in total. The summed E-state index contributed by atoms with van der Waals surface area (Å²) in [6.07, 6.45) is 2.33.